The van der Waals surface area contributed by atoms with E-state index in [0.29, 0.717) is 5.75 Å². The number of anilines is 2. The van der Waals surface area contributed by atoms with Crippen molar-refractivity contribution in [2.75, 3.05) is 29.1 Å². The second-order valence-corrected chi connectivity index (χ2v) is 6.32. The first-order valence-corrected chi connectivity index (χ1v) is 8.63. The number of benzene rings is 1. The summed E-state index contributed by atoms with van der Waals surface area (Å²) in [5.74, 6) is 0.304. The van der Waals surface area contributed by atoms with Gasteiger partial charge in [0.15, 0.2) is 4.34 Å². The van der Waals surface area contributed by atoms with E-state index in [0.717, 1.165) is 23.1 Å². The third-order valence-electron chi connectivity index (χ3n) is 2.95. The molecule has 2 aromatic rings. The maximum absolute atomic E-state index is 11.9. The molecule has 7 heteroatoms. The minimum Gasteiger partial charge on any atom is -0.372 e. The molecule has 0 radical (unpaired) electrons. The summed E-state index contributed by atoms with van der Waals surface area (Å²) in [5.41, 5.74) is 3.64. The predicted molar refractivity (Wildman–Crippen MR) is 89.3 cm³/mol. The Bertz CT molecular complexity index is 553. The summed E-state index contributed by atoms with van der Waals surface area (Å²) in [6.07, 6.45) is 0. The van der Waals surface area contributed by atoms with Crippen LogP contribution < -0.4 is 10.2 Å². The molecule has 0 aliphatic heterocycles. The minimum absolute atomic E-state index is 0.0363. The van der Waals surface area contributed by atoms with Crippen LogP contribution in [0.3, 0.4) is 0 Å². The van der Waals surface area contributed by atoms with E-state index in [1.54, 1.807) is 5.51 Å². The van der Waals surface area contributed by atoms with Crippen LogP contribution in [0.4, 0.5) is 11.4 Å². The maximum Gasteiger partial charge on any atom is 0.234 e. The standard InChI is InChI=1S/C14H18N4OS2/c1-3-18(4-2)12-7-5-11(6-8-12)16-13(19)9-20-14-17-15-10-21-14/h5-8,10H,3-4,9H2,1-2H3,(H,16,19). The van der Waals surface area contributed by atoms with Gasteiger partial charge >= 0.3 is 0 Å². The number of rotatable bonds is 7. The van der Waals surface area contributed by atoms with Crippen LogP contribution in [0.2, 0.25) is 0 Å². The molecule has 0 saturated heterocycles. The van der Waals surface area contributed by atoms with Gasteiger partial charge in [-0.25, -0.2) is 0 Å². The summed E-state index contributed by atoms with van der Waals surface area (Å²) in [6.45, 7) is 6.20. The fourth-order valence-electron chi connectivity index (χ4n) is 1.89. The van der Waals surface area contributed by atoms with Crippen molar-refractivity contribution in [1.29, 1.82) is 0 Å². The number of aromatic nitrogens is 2. The number of hydrogen-bond acceptors (Lipinski definition) is 6. The molecule has 0 atom stereocenters. The first kappa shape index (κ1) is 15.8. The van der Waals surface area contributed by atoms with Crippen molar-refractivity contribution in [2.45, 2.75) is 18.2 Å². The average Bonchev–Trinajstić information content (AvgIpc) is 3.01. The number of nitrogens with zero attached hydrogens (tertiary/aromatic N) is 3. The number of carbonyl (C=O) groups is 1. The highest BCUT2D eigenvalue weighted by atomic mass is 32.2. The molecule has 0 fully saturated rings. The molecule has 1 aromatic carbocycles. The SMILES string of the molecule is CCN(CC)c1ccc(NC(=O)CSc2nncs2)cc1. The maximum atomic E-state index is 11.9. The van der Waals surface area contributed by atoms with E-state index in [9.17, 15) is 4.79 Å². The second kappa shape index (κ2) is 7.99. The first-order chi connectivity index (χ1) is 10.2. The lowest BCUT2D eigenvalue weighted by Gasteiger charge is -2.21. The van der Waals surface area contributed by atoms with E-state index in [-0.39, 0.29) is 5.91 Å². The van der Waals surface area contributed by atoms with E-state index >= 15 is 0 Å². The van der Waals surface area contributed by atoms with Gasteiger partial charge in [-0.05, 0) is 38.1 Å². The zero-order valence-electron chi connectivity index (χ0n) is 12.1. The van der Waals surface area contributed by atoms with Crippen molar-refractivity contribution in [3.05, 3.63) is 29.8 Å². The number of thioether (sulfide) groups is 1. The van der Waals surface area contributed by atoms with Crippen LogP contribution >= 0.6 is 23.1 Å². The molecule has 0 spiro atoms. The van der Waals surface area contributed by atoms with Crippen LogP contribution in [0, 0.1) is 0 Å². The number of nitrogens with one attached hydrogen (secondary N) is 1. The Kier molecular flexibility index (Phi) is 6.01. The average molecular weight is 322 g/mol. The lowest BCUT2D eigenvalue weighted by molar-refractivity contribution is -0.113. The molecule has 5 nitrogen and oxygen atoms in total. The largest absolute Gasteiger partial charge is 0.372 e. The first-order valence-electron chi connectivity index (χ1n) is 6.76. The van der Waals surface area contributed by atoms with E-state index in [4.69, 9.17) is 0 Å². The number of carbonyl (C=O) groups excluding carboxylic acids is 1. The third kappa shape index (κ3) is 4.71. The van der Waals surface area contributed by atoms with Crippen molar-refractivity contribution in [3.63, 3.8) is 0 Å². The highest BCUT2D eigenvalue weighted by Crippen LogP contribution is 2.20. The van der Waals surface area contributed by atoms with Crippen LogP contribution in [-0.4, -0.2) is 34.9 Å². The zero-order valence-corrected chi connectivity index (χ0v) is 13.7. The van der Waals surface area contributed by atoms with Crippen LogP contribution in [0.25, 0.3) is 0 Å². The Balaban J connectivity index is 1.86. The van der Waals surface area contributed by atoms with Gasteiger partial charge in [0, 0.05) is 24.5 Å². The molecule has 0 bridgehead atoms. The normalized spacial score (nSPS) is 10.4. The Morgan fingerprint density at radius 1 is 1.29 bits per heavy atom. The van der Waals surface area contributed by atoms with E-state index in [1.807, 2.05) is 24.3 Å². The monoisotopic (exact) mass is 322 g/mol. The van der Waals surface area contributed by atoms with Gasteiger partial charge < -0.3 is 10.2 Å². The summed E-state index contributed by atoms with van der Waals surface area (Å²) in [6, 6.07) is 7.92. The molecule has 21 heavy (non-hydrogen) atoms. The van der Waals surface area contributed by atoms with Crippen LogP contribution in [0.15, 0.2) is 34.1 Å². The fraction of sp³-hybridized carbons (Fsp3) is 0.357. The van der Waals surface area contributed by atoms with Gasteiger partial charge in [-0.3, -0.25) is 4.79 Å². The summed E-state index contributed by atoms with van der Waals surface area (Å²) in [5, 5.41) is 10.5. The highest BCUT2D eigenvalue weighted by molar-refractivity contribution is 8.01. The molecular formula is C14H18N4OS2. The smallest absolute Gasteiger partial charge is 0.234 e. The van der Waals surface area contributed by atoms with Gasteiger partial charge in [0.1, 0.15) is 5.51 Å². The van der Waals surface area contributed by atoms with Gasteiger partial charge in [0.25, 0.3) is 0 Å². The predicted octanol–water partition coefficient (Wildman–Crippen LogP) is 3.12. The molecule has 112 valence electrons. The molecule has 0 unspecified atom stereocenters. The number of amides is 1. The van der Waals surface area contributed by atoms with Crippen LogP contribution in [-0.2, 0) is 4.79 Å². The van der Waals surface area contributed by atoms with Crippen molar-refractivity contribution in [3.8, 4) is 0 Å². The van der Waals surface area contributed by atoms with Crippen LogP contribution in [0.5, 0.6) is 0 Å². The Morgan fingerprint density at radius 2 is 2.00 bits per heavy atom. The van der Waals surface area contributed by atoms with Crippen molar-refractivity contribution >= 4 is 40.4 Å². The van der Waals surface area contributed by atoms with E-state index in [1.165, 1.54) is 28.8 Å². The van der Waals surface area contributed by atoms with Crippen molar-refractivity contribution in [2.24, 2.45) is 0 Å². The lowest BCUT2D eigenvalue weighted by Crippen LogP contribution is -2.21. The quantitative estimate of drug-likeness (QED) is 0.794. The highest BCUT2D eigenvalue weighted by Gasteiger charge is 2.06. The molecule has 0 aliphatic carbocycles. The minimum atomic E-state index is -0.0363. The molecule has 1 aromatic heterocycles. The lowest BCUT2D eigenvalue weighted by atomic mass is 10.2. The van der Waals surface area contributed by atoms with Gasteiger partial charge in [0.05, 0.1) is 5.75 Å². The summed E-state index contributed by atoms with van der Waals surface area (Å²) in [7, 11) is 0. The van der Waals surface area contributed by atoms with E-state index < -0.39 is 0 Å². The topological polar surface area (TPSA) is 58.1 Å². The molecule has 1 N–H and O–H groups in total. The Labute approximate surface area is 132 Å². The van der Waals surface area contributed by atoms with Gasteiger partial charge in [-0.15, -0.1) is 10.2 Å². The van der Waals surface area contributed by atoms with Crippen molar-refractivity contribution in [1.82, 2.24) is 10.2 Å². The van der Waals surface area contributed by atoms with Gasteiger partial charge in [-0.1, -0.05) is 23.1 Å². The van der Waals surface area contributed by atoms with E-state index in [2.05, 4.69) is 34.3 Å². The Morgan fingerprint density at radius 3 is 2.57 bits per heavy atom. The Hall–Kier alpha value is -1.60. The van der Waals surface area contributed by atoms with Gasteiger partial charge in [0.2, 0.25) is 5.91 Å². The third-order valence-corrected chi connectivity index (χ3v) is 4.81. The molecule has 1 amide bonds. The molecule has 0 aliphatic rings. The molecule has 1 heterocycles. The summed E-state index contributed by atoms with van der Waals surface area (Å²) < 4.78 is 0.807. The summed E-state index contributed by atoms with van der Waals surface area (Å²) >= 11 is 2.83. The van der Waals surface area contributed by atoms with Crippen molar-refractivity contribution < 1.29 is 4.79 Å². The molecular weight excluding hydrogens is 304 g/mol. The van der Waals surface area contributed by atoms with Crippen LogP contribution in [0.1, 0.15) is 13.8 Å². The summed E-state index contributed by atoms with van der Waals surface area (Å²) in [4.78, 5) is 14.1. The van der Waals surface area contributed by atoms with Gasteiger partial charge in [-0.2, -0.15) is 0 Å². The fourth-order valence-corrected chi connectivity index (χ4v) is 3.18. The zero-order chi connectivity index (χ0) is 15.1. The molecule has 2 rings (SSSR count). The molecule has 0 saturated carbocycles. The number of hydrogen-bond donors (Lipinski definition) is 1. The second-order valence-electron chi connectivity index (χ2n) is 4.26.